The molecule has 1 aliphatic heterocycles. The van der Waals surface area contributed by atoms with Crippen LogP contribution < -0.4 is 10.2 Å². The van der Waals surface area contributed by atoms with Crippen LogP contribution in [0.3, 0.4) is 0 Å². The van der Waals surface area contributed by atoms with E-state index in [0.29, 0.717) is 30.4 Å². The predicted molar refractivity (Wildman–Crippen MR) is 105 cm³/mol. The maximum Gasteiger partial charge on any atom is 0.227 e. The molecule has 7 nitrogen and oxygen atoms in total. The third kappa shape index (κ3) is 4.45. The minimum atomic E-state index is -0.600. The van der Waals surface area contributed by atoms with Gasteiger partial charge in [0.05, 0.1) is 24.6 Å². The molecule has 0 amide bonds. The van der Waals surface area contributed by atoms with E-state index in [0.717, 1.165) is 11.8 Å². The van der Waals surface area contributed by atoms with Crippen LogP contribution in [0.1, 0.15) is 13.8 Å². The molecule has 9 heteroatoms. The molecule has 0 spiro atoms. The second-order valence-electron chi connectivity index (χ2n) is 6.99. The van der Waals surface area contributed by atoms with E-state index in [-0.39, 0.29) is 23.8 Å². The van der Waals surface area contributed by atoms with Gasteiger partial charge in [0.15, 0.2) is 17.5 Å². The Morgan fingerprint density at radius 3 is 2.48 bits per heavy atom. The number of anilines is 3. The molecular formula is C20H20F2N6O. The number of morpholine rings is 1. The smallest absolute Gasteiger partial charge is 0.227 e. The van der Waals surface area contributed by atoms with Crippen molar-refractivity contribution < 1.29 is 13.5 Å². The first kappa shape index (κ1) is 19.1. The zero-order valence-corrected chi connectivity index (χ0v) is 16.0. The highest BCUT2D eigenvalue weighted by Gasteiger charge is 2.24. The molecule has 4 rings (SSSR count). The average Bonchev–Trinajstić information content (AvgIpc) is 2.70. The third-order valence-electron chi connectivity index (χ3n) is 4.51. The molecule has 0 unspecified atom stereocenters. The fraction of sp³-hybridized carbons (Fsp3) is 0.300. The Labute approximate surface area is 166 Å². The second kappa shape index (κ2) is 8.04. The molecule has 3 aromatic rings. The van der Waals surface area contributed by atoms with Gasteiger partial charge in [0.1, 0.15) is 5.82 Å². The molecule has 0 saturated carbocycles. The highest BCUT2D eigenvalue weighted by Crippen LogP contribution is 2.24. The minimum absolute atomic E-state index is 0.00681. The maximum absolute atomic E-state index is 14.3. The highest BCUT2D eigenvalue weighted by atomic mass is 19.1. The van der Waals surface area contributed by atoms with Crippen molar-refractivity contribution in [3.63, 3.8) is 0 Å². The van der Waals surface area contributed by atoms with Gasteiger partial charge in [-0.3, -0.25) is 0 Å². The zero-order valence-electron chi connectivity index (χ0n) is 16.0. The Hall–Kier alpha value is -3.20. The van der Waals surface area contributed by atoms with Gasteiger partial charge in [-0.15, -0.1) is 5.10 Å². The first-order chi connectivity index (χ1) is 14.0. The standard InChI is InChI=1S/C20H20F2N6O/c1-12-10-28(11-13(2)29-12)20-23-9-17(22)19(26-20)25-18-7-15(8-24-27-18)14-3-5-16(21)6-4-14/h3-9,12-13H,10-11H2,1-2H3,(H,23,25,26,27)/t12-,13+. The first-order valence-corrected chi connectivity index (χ1v) is 9.26. The van der Waals surface area contributed by atoms with Crippen LogP contribution in [-0.4, -0.2) is 45.5 Å². The van der Waals surface area contributed by atoms with Gasteiger partial charge in [-0.2, -0.15) is 10.1 Å². The topological polar surface area (TPSA) is 76.1 Å². The lowest BCUT2D eigenvalue weighted by molar-refractivity contribution is -0.00572. The Bertz CT molecular complexity index is 991. The quantitative estimate of drug-likeness (QED) is 0.720. The summed E-state index contributed by atoms with van der Waals surface area (Å²) in [5.41, 5.74) is 1.48. The van der Waals surface area contributed by atoms with Crippen LogP contribution in [0.25, 0.3) is 11.1 Å². The number of hydrogen-bond acceptors (Lipinski definition) is 7. The zero-order chi connectivity index (χ0) is 20.4. The number of hydrogen-bond donors (Lipinski definition) is 1. The number of halogens is 2. The molecule has 1 saturated heterocycles. The summed E-state index contributed by atoms with van der Waals surface area (Å²) in [5.74, 6) is -0.182. The molecule has 2 aromatic heterocycles. The lowest BCUT2D eigenvalue weighted by Gasteiger charge is -2.35. The molecule has 29 heavy (non-hydrogen) atoms. The van der Waals surface area contributed by atoms with Gasteiger partial charge in [-0.1, -0.05) is 12.1 Å². The molecule has 150 valence electrons. The van der Waals surface area contributed by atoms with E-state index in [2.05, 4.69) is 25.5 Å². The van der Waals surface area contributed by atoms with Gasteiger partial charge in [-0.05, 0) is 37.6 Å². The number of rotatable bonds is 4. The van der Waals surface area contributed by atoms with Gasteiger partial charge in [0, 0.05) is 18.7 Å². The van der Waals surface area contributed by atoms with Crippen molar-refractivity contribution in [3.05, 3.63) is 54.4 Å². The van der Waals surface area contributed by atoms with Gasteiger partial charge >= 0.3 is 0 Å². The number of ether oxygens (including phenoxy) is 1. The van der Waals surface area contributed by atoms with Crippen LogP contribution in [-0.2, 0) is 4.74 Å². The molecule has 0 aliphatic carbocycles. The summed E-state index contributed by atoms with van der Waals surface area (Å²) in [6, 6.07) is 7.70. The molecule has 1 aliphatic rings. The molecule has 0 bridgehead atoms. The van der Waals surface area contributed by atoms with Crippen LogP contribution in [0.2, 0.25) is 0 Å². The fourth-order valence-electron chi connectivity index (χ4n) is 3.29. The van der Waals surface area contributed by atoms with Crippen molar-refractivity contribution in [2.75, 3.05) is 23.3 Å². The average molecular weight is 398 g/mol. The largest absolute Gasteiger partial charge is 0.372 e. The second-order valence-corrected chi connectivity index (χ2v) is 6.99. The molecule has 1 aromatic carbocycles. The molecular weight excluding hydrogens is 378 g/mol. The predicted octanol–water partition coefficient (Wildman–Crippen LogP) is 3.57. The van der Waals surface area contributed by atoms with Crippen LogP contribution >= 0.6 is 0 Å². The molecule has 2 atom stereocenters. The normalized spacial score (nSPS) is 19.2. The number of nitrogens with one attached hydrogen (secondary N) is 1. The summed E-state index contributed by atoms with van der Waals surface area (Å²) in [4.78, 5) is 10.4. The number of aromatic nitrogens is 4. The lowest BCUT2D eigenvalue weighted by atomic mass is 10.1. The van der Waals surface area contributed by atoms with Gasteiger partial charge < -0.3 is 15.0 Å². The highest BCUT2D eigenvalue weighted by molar-refractivity contribution is 5.67. The summed E-state index contributed by atoms with van der Waals surface area (Å²) >= 11 is 0. The van der Waals surface area contributed by atoms with E-state index in [9.17, 15) is 8.78 Å². The number of benzene rings is 1. The van der Waals surface area contributed by atoms with Crippen molar-refractivity contribution in [3.8, 4) is 11.1 Å². The van der Waals surface area contributed by atoms with E-state index in [1.54, 1.807) is 24.4 Å². The fourth-order valence-corrected chi connectivity index (χ4v) is 3.29. The SMILES string of the molecule is C[C@@H]1CN(c2ncc(F)c(Nc3cc(-c4ccc(F)cc4)cnn3)n2)C[C@H](C)O1. The number of nitrogens with zero attached hydrogens (tertiary/aromatic N) is 5. The van der Waals surface area contributed by atoms with E-state index in [1.165, 1.54) is 12.1 Å². The van der Waals surface area contributed by atoms with Gasteiger partial charge in [0.2, 0.25) is 5.95 Å². The van der Waals surface area contributed by atoms with Crippen LogP contribution in [0.4, 0.5) is 26.4 Å². The minimum Gasteiger partial charge on any atom is -0.372 e. The van der Waals surface area contributed by atoms with E-state index >= 15 is 0 Å². The van der Waals surface area contributed by atoms with Gasteiger partial charge in [-0.25, -0.2) is 13.8 Å². The summed E-state index contributed by atoms with van der Waals surface area (Å²) in [6.07, 6.45) is 2.74. The van der Waals surface area contributed by atoms with E-state index in [4.69, 9.17) is 4.74 Å². The monoisotopic (exact) mass is 398 g/mol. The van der Waals surface area contributed by atoms with Crippen LogP contribution in [0.15, 0.2) is 42.7 Å². The molecule has 0 radical (unpaired) electrons. The van der Waals surface area contributed by atoms with E-state index < -0.39 is 5.82 Å². The van der Waals surface area contributed by atoms with Crippen molar-refractivity contribution in [2.45, 2.75) is 26.1 Å². The third-order valence-corrected chi connectivity index (χ3v) is 4.51. The van der Waals surface area contributed by atoms with Crippen LogP contribution in [0, 0.1) is 11.6 Å². The maximum atomic E-state index is 14.3. The summed E-state index contributed by atoms with van der Waals surface area (Å²) in [7, 11) is 0. The Kier molecular flexibility index (Phi) is 5.30. The van der Waals surface area contributed by atoms with Gasteiger partial charge in [0.25, 0.3) is 0 Å². The summed E-state index contributed by atoms with van der Waals surface area (Å²) in [6.45, 7) is 5.19. The molecule has 3 heterocycles. The Balaban J connectivity index is 1.58. The Morgan fingerprint density at radius 1 is 1.03 bits per heavy atom. The summed E-state index contributed by atoms with van der Waals surface area (Å²) < 4.78 is 33.2. The van der Waals surface area contributed by atoms with Crippen molar-refractivity contribution in [2.24, 2.45) is 0 Å². The van der Waals surface area contributed by atoms with Crippen molar-refractivity contribution in [1.29, 1.82) is 0 Å². The van der Waals surface area contributed by atoms with E-state index in [1.807, 2.05) is 18.7 Å². The van der Waals surface area contributed by atoms with Crippen molar-refractivity contribution >= 4 is 17.6 Å². The van der Waals surface area contributed by atoms with Crippen molar-refractivity contribution in [1.82, 2.24) is 20.2 Å². The van der Waals surface area contributed by atoms with Crippen LogP contribution in [0.5, 0.6) is 0 Å². The molecule has 1 N–H and O–H groups in total. The first-order valence-electron chi connectivity index (χ1n) is 9.26. The molecule has 1 fully saturated rings. The summed E-state index contributed by atoms with van der Waals surface area (Å²) in [5, 5.41) is 10.8. The Morgan fingerprint density at radius 2 is 1.76 bits per heavy atom. The lowest BCUT2D eigenvalue weighted by Crippen LogP contribution is -2.46.